The van der Waals surface area contributed by atoms with E-state index in [0.29, 0.717) is 40.4 Å². The Morgan fingerprint density at radius 1 is 0.661 bits per heavy atom. The van der Waals surface area contributed by atoms with Crippen LogP contribution in [0.3, 0.4) is 0 Å². The summed E-state index contributed by atoms with van der Waals surface area (Å²) in [6, 6.07) is 19.5. The van der Waals surface area contributed by atoms with Crippen molar-refractivity contribution in [2.24, 2.45) is 0 Å². The predicted octanol–water partition coefficient (Wildman–Crippen LogP) is 7.94. The minimum atomic E-state index is -3.76. The highest BCUT2D eigenvalue weighted by molar-refractivity contribution is 8.01. The number of aromatic nitrogens is 2. The van der Waals surface area contributed by atoms with Crippen LogP contribution >= 0.6 is 46.2 Å². The highest BCUT2D eigenvalue weighted by Gasteiger charge is 2.22. The van der Waals surface area contributed by atoms with Crippen molar-refractivity contribution in [2.45, 2.75) is 53.1 Å². The lowest BCUT2D eigenvalue weighted by Gasteiger charge is -2.12. The standard InChI is InChI=1S/C21H24N2O5S3.C19H20N2O4S3/c1-5-28-15-6-7-18-19(11-15)30-21(23-18)29-9-8-22-31(25,26)16-10-13(2)14(3)17(12-16)20(24)27-4;1-12-10-14(11-15(13(12)2)18(22)25-3)28(23,24)20-8-9-26-19-21-16-6-4-5-7-17(16)27-19/h6-7,10-12,22H,5,8-9H2,1-4H3;4-7,10-11,20H,8-9H2,1-3H3. The molecule has 0 spiro atoms. The number of benzene rings is 4. The number of carbonyl (C=O) groups excluding carboxylic acids is 2. The van der Waals surface area contributed by atoms with Crippen molar-refractivity contribution >= 4 is 98.6 Å². The molecule has 0 unspecified atom stereocenters. The molecule has 0 saturated heterocycles. The summed E-state index contributed by atoms with van der Waals surface area (Å²) in [6.45, 7) is 10.1. The van der Waals surface area contributed by atoms with Crippen molar-refractivity contribution in [2.75, 3.05) is 45.4 Å². The van der Waals surface area contributed by atoms with Crippen LogP contribution in [0.25, 0.3) is 20.4 Å². The fourth-order valence-corrected chi connectivity index (χ4v) is 12.1. The van der Waals surface area contributed by atoms with Gasteiger partial charge in [-0.2, -0.15) is 0 Å². The average molecular weight is 917 g/mol. The van der Waals surface area contributed by atoms with Crippen LogP contribution in [0.5, 0.6) is 5.75 Å². The molecule has 2 heterocycles. The van der Waals surface area contributed by atoms with Gasteiger partial charge in [0.1, 0.15) is 5.75 Å². The number of methoxy groups -OCH3 is 2. The van der Waals surface area contributed by atoms with Crippen molar-refractivity contribution in [3.8, 4) is 5.75 Å². The summed E-state index contributed by atoms with van der Waals surface area (Å²) in [4.78, 5) is 33.1. The fraction of sp³-hybridized carbons (Fsp3) is 0.300. The van der Waals surface area contributed by atoms with E-state index in [2.05, 4.69) is 19.4 Å². The van der Waals surface area contributed by atoms with Gasteiger partial charge in [0.25, 0.3) is 0 Å². The molecule has 59 heavy (non-hydrogen) atoms. The first-order valence-electron chi connectivity index (χ1n) is 18.1. The number of esters is 2. The Balaban J connectivity index is 0.000000225. The highest BCUT2D eigenvalue weighted by atomic mass is 32.2. The number of thiazole rings is 2. The molecule has 19 heteroatoms. The molecule has 2 N–H and O–H groups in total. The van der Waals surface area contributed by atoms with Crippen LogP contribution in [-0.4, -0.2) is 84.2 Å². The molecule has 0 bridgehead atoms. The molecule has 6 aromatic rings. The van der Waals surface area contributed by atoms with Gasteiger partial charge in [-0.1, -0.05) is 35.7 Å². The van der Waals surface area contributed by atoms with Crippen LogP contribution in [0, 0.1) is 27.7 Å². The molecule has 0 aliphatic heterocycles. The van der Waals surface area contributed by atoms with E-state index in [-0.39, 0.29) is 34.0 Å². The SMILES string of the molecule is CCOc1ccc2nc(SCCNS(=O)(=O)c3cc(C)c(C)c(C(=O)OC)c3)sc2c1.COC(=O)c1cc(S(=O)(=O)NCCSc2nc3ccccc3s2)cc(C)c1C. The molecule has 0 aliphatic carbocycles. The third-order valence-electron chi connectivity index (χ3n) is 8.88. The van der Waals surface area contributed by atoms with Crippen molar-refractivity contribution in [3.63, 3.8) is 0 Å². The lowest BCUT2D eigenvalue weighted by molar-refractivity contribution is 0.0590. The molecular formula is C40H44N4O9S6. The summed E-state index contributed by atoms with van der Waals surface area (Å²) in [7, 11) is -4.95. The Hall–Kier alpha value is -4.08. The summed E-state index contributed by atoms with van der Waals surface area (Å²) < 4.78 is 74.8. The van der Waals surface area contributed by atoms with Crippen LogP contribution in [0.15, 0.2) is 85.2 Å². The first-order valence-corrected chi connectivity index (χ1v) is 24.7. The van der Waals surface area contributed by atoms with Gasteiger partial charge in [-0.25, -0.2) is 45.8 Å². The second kappa shape index (κ2) is 20.5. The van der Waals surface area contributed by atoms with E-state index in [0.717, 1.165) is 34.9 Å². The third kappa shape index (κ3) is 11.8. The van der Waals surface area contributed by atoms with E-state index in [4.69, 9.17) is 14.2 Å². The number of nitrogens with zero attached hydrogens (tertiary/aromatic N) is 2. The average Bonchev–Trinajstić information content (AvgIpc) is 3.83. The maximum absolute atomic E-state index is 12.7. The second-order valence-corrected chi connectivity index (χ2v) is 21.1. The summed E-state index contributed by atoms with van der Waals surface area (Å²) in [5, 5.41) is 0. The molecule has 2 aromatic heterocycles. The van der Waals surface area contributed by atoms with Gasteiger partial charge >= 0.3 is 11.9 Å². The number of thioether (sulfide) groups is 2. The van der Waals surface area contributed by atoms with Crippen LogP contribution < -0.4 is 14.2 Å². The number of sulfonamides is 2. The van der Waals surface area contributed by atoms with E-state index in [1.807, 2.05) is 49.4 Å². The molecule has 0 saturated carbocycles. The third-order valence-corrected chi connectivity index (χ3v) is 16.1. The molecule has 314 valence electrons. The molecule has 6 rings (SSSR count). The van der Waals surface area contributed by atoms with Gasteiger partial charge in [0.15, 0.2) is 8.68 Å². The quantitative estimate of drug-likeness (QED) is 0.0544. The summed E-state index contributed by atoms with van der Waals surface area (Å²) in [6.07, 6.45) is 0. The smallest absolute Gasteiger partial charge is 0.338 e. The molecule has 13 nitrogen and oxygen atoms in total. The number of hydrogen-bond donors (Lipinski definition) is 2. The summed E-state index contributed by atoms with van der Waals surface area (Å²) >= 11 is 6.12. The topological polar surface area (TPSA) is 180 Å². The number of rotatable bonds is 16. The summed E-state index contributed by atoms with van der Waals surface area (Å²) in [5.74, 6) is 0.767. The van der Waals surface area contributed by atoms with Crippen LogP contribution in [-0.2, 0) is 29.5 Å². The van der Waals surface area contributed by atoms with Gasteiger partial charge in [-0.05, 0) is 111 Å². The number of nitrogens with one attached hydrogen (secondary N) is 2. The zero-order chi connectivity index (χ0) is 42.9. The summed E-state index contributed by atoms with van der Waals surface area (Å²) in [5.41, 5.74) is 5.17. The Kier molecular flexibility index (Phi) is 15.9. The highest BCUT2D eigenvalue weighted by Crippen LogP contribution is 2.32. The molecule has 0 fully saturated rings. The van der Waals surface area contributed by atoms with Crippen LogP contribution in [0.2, 0.25) is 0 Å². The molecule has 4 aromatic carbocycles. The van der Waals surface area contributed by atoms with Crippen molar-refractivity contribution in [1.29, 1.82) is 0 Å². The lowest BCUT2D eigenvalue weighted by Crippen LogP contribution is -2.26. The first kappa shape index (κ1) is 46.0. The van der Waals surface area contributed by atoms with E-state index in [1.54, 1.807) is 62.5 Å². The maximum Gasteiger partial charge on any atom is 0.338 e. The normalized spacial score (nSPS) is 11.6. The maximum atomic E-state index is 12.7. The van der Waals surface area contributed by atoms with Gasteiger partial charge in [0.05, 0.1) is 62.2 Å². The monoisotopic (exact) mass is 916 g/mol. The van der Waals surface area contributed by atoms with Crippen molar-refractivity contribution in [1.82, 2.24) is 19.4 Å². The zero-order valence-corrected chi connectivity index (χ0v) is 38.3. The Morgan fingerprint density at radius 2 is 1.14 bits per heavy atom. The van der Waals surface area contributed by atoms with Gasteiger partial charge < -0.3 is 14.2 Å². The van der Waals surface area contributed by atoms with Crippen molar-refractivity contribution < 1.29 is 40.6 Å². The van der Waals surface area contributed by atoms with Crippen LogP contribution in [0.4, 0.5) is 0 Å². The largest absolute Gasteiger partial charge is 0.494 e. The number of aryl methyl sites for hydroxylation is 2. The first-order chi connectivity index (χ1) is 28.1. The van der Waals surface area contributed by atoms with Gasteiger partial charge in [-0.3, -0.25) is 0 Å². The van der Waals surface area contributed by atoms with E-state index < -0.39 is 32.0 Å². The van der Waals surface area contributed by atoms with Gasteiger partial charge in [0.2, 0.25) is 20.0 Å². The predicted molar refractivity (Wildman–Crippen MR) is 237 cm³/mol. The Bertz CT molecular complexity index is 2660. The zero-order valence-electron chi connectivity index (χ0n) is 33.4. The minimum Gasteiger partial charge on any atom is -0.494 e. The second-order valence-electron chi connectivity index (χ2n) is 12.8. The van der Waals surface area contributed by atoms with Gasteiger partial charge in [-0.15, -0.1) is 22.7 Å². The number of fused-ring (bicyclic) bond motifs is 2. The number of ether oxygens (including phenoxy) is 3. The minimum absolute atomic E-state index is 0.0458. The van der Waals surface area contributed by atoms with Crippen molar-refractivity contribution in [3.05, 3.63) is 100 Å². The molecule has 0 atom stereocenters. The van der Waals surface area contributed by atoms with Gasteiger partial charge in [0, 0.05) is 24.6 Å². The van der Waals surface area contributed by atoms with E-state index in [9.17, 15) is 26.4 Å². The number of carbonyl (C=O) groups is 2. The molecular weight excluding hydrogens is 873 g/mol. The number of para-hydroxylation sites is 1. The Labute approximate surface area is 360 Å². The van der Waals surface area contributed by atoms with E-state index in [1.165, 1.54) is 49.9 Å². The molecule has 0 radical (unpaired) electrons. The fourth-order valence-electron chi connectivity index (χ4n) is 5.52. The van der Waals surface area contributed by atoms with Crippen LogP contribution in [0.1, 0.15) is 49.9 Å². The molecule has 0 aliphatic rings. The molecule has 0 amide bonds. The number of hydrogen-bond acceptors (Lipinski definition) is 15. The van der Waals surface area contributed by atoms with E-state index >= 15 is 0 Å². The Morgan fingerprint density at radius 3 is 1.61 bits per heavy atom. The lowest BCUT2D eigenvalue weighted by atomic mass is 10.0.